The smallest absolute Gasteiger partial charge is 0.451 e. The maximum absolute atomic E-state index is 11.6. The summed E-state index contributed by atoms with van der Waals surface area (Å²) < 4.78 is 0. The molecule has 0 aromatic heterocycles. The SMILES string of the molecule is CCCC(=O)NC[C@@H]1CC[C@@H](CCB(O)O)C[C@]1(N)C(=O)O. The van der Waals surface area contributed by atoms with Gasteiger partial charge in [0.2, 0.25) is 5.91 Å². The Morgan fingerprint density at radius 1 is 1.36 bits per heavy atom. The summed E-state index contributed by atoms with van der Waals surface area (Å²) in [5.74, 6) is -1.39. The Morgan fingerprint density at radius 3 is 2.59 bits per heavy atom. The van der Waals surface area contributed by atoms with Gasteiger partial charge < -0.3 is 26.2 Å². The van der Waals surface area contributed by atoms with Crippen molar-refractivity contribution in [3.8, 4) is 0 Å². The molecular formula is C14H27BN2O5. The van der Waals surface area contributed by atoms with Gasteiger partial charge in [-0.15, -0.1) is 0 Å². The summed E-state index contributed by atoms with van der Waals surface area (Å²) in [6.45, 7) is 2.18. The van der Waals surface area contributed by atoms with Crippen molar-refractivity contribution in [2.75, 3.05) is 6.54 Å². The van der Waals surface area contributed by atoms with Gasteiger partial charge in [0, 0.05) is 18.9 Å². The molecule has 1 amide bonds. The summed E-state index contributed by atoms with van der Waals surface area (Å²) in [6.07, 6.45) is 3.62. The van der Waals surface area contributed by atoms with Crippen LogP contribution >= 0.6 is 0 Å². The Balaban J connectivity index is 2.63. The lowest BCUT2D eigenvalue weighted by molar-refractivity contribution is -0.148. The monoisotopic (exact) mass is 314 g/mol. The number of hydrogen-bond donors (Lipinski definition) is 5. The number of hydrogen-bond acceptors (Lipinski definition) is 5. The van der Waals surface area contributed by atoms with Crippen LogP contribution in [0.3, 0.4) is 0 Å². The topological polar surface area (TPSA) is 133 Å². The van der Waals surface area contributed by atoms with Crippen molar-refractivity contribution in [3.63, 3.8) is 0 Å². The normalized spacial score (nSPS) is 28.2. The maximum atomic E-state index is 11.6. The van der Waals surface area contributed by atoms with Crippen LogP contribution in [0, 0.1) is 11.8 Å². The predicted molar refractivity (Wildman–Crippen MR) is 82.9 cm³/mol. The van der Waals surface area contributed by atoms with E-state index < -0.39 is 18.6 Å². The van der Waals surface area contributed by atoms with Gasteiger partial charge >= 0.3 is 13.1 Å². The molecular weight excluding hydrogens is 287 g/mol. The Bertz CT molecular complexity index is 393. The molecule has 0 aromatic carbocycles. The number of carboxylic acids is 1. The van der Waals surface area contributed by atoms with E-state index in [1.807, 2.05) is 6.92 Å². The summed E-state index contributed by atoms with van der Waals surface area (Å²) in [4.78, 5) is 23.2. The van der Waals surface area contributed by atoms with Gasteiger partial charge in [-0.2, -0.15) is 0 Å². The second kappa shape index (κ2) is 8.50. The molecule has 1 rings (SSSR count). The zero-order valence-corrected chi connectivity index (χ0v) is 13.1. The van der Waals surface area contributed by atoms with Gasteiger partial charge in [0.25, 0.3) is 0 Å². The lowest BCUT2D eigenvalue weighted by Gasteiger charge is -2.41. The molecule has 0 unspecified atom stereocenters. The highest BCUT2D eigenvalue weighted by atomic mass is 16.4. The van der Waals surface area contributed by atoms with Crippen LogP contribution in [-0.2, 0) is 9.59 Å². The third kappa shape index (κ3) is 5.26. The lowest BCUT2D eigenvalue weighted by Crippen LogP contribution is -2.60. The van der Waals surface area contributed by atoms with E-state index in [2.05, 4.69) is 5.32 Å². The molecule has 1 aliphatic rings. The van der Waals surface area contributed by atoms with Gasteiger partial charge in [-0.1, -0.05) is 13.3 Å². The van der Waals surface area contributed by atoms with Gasteiger partial charge in [0.15, 0.2) is 0 Å². The molecule has 0 bridgehead atoms. The van der Waals surface area contributed by atoms with Crippen LogP contribution in [-0.4, -0.2) is 46.2 Å². The van der Waals surface area contributed by atoms with Gasteiger partial charge in [-0.3, -0.25) is 9.59 Å². The van der Waals surface area contributed by atoms with E-state index >= 15 is 0 Å². The van der Waals surface area contributed by atoms with Crippen LogP contribution in [0.5, 0.6) is 0 Å². The van der Waals surface area contributed by atoms with Gasteiger partial charge in [0.05, 0.1) is 0 Å². The van der Waals surface area contributed by atoms with E-state index in [1.165, 1.54) is 0 Å². The molecule has 0 heterocycles. The average molecular weight is 314 g/mol. The zero-order chi connectivity index (χ0) is 16.8. The summed E-state index contributed by atoms with van der Waals surface area (Å²) >= 11 is 0. The van der Waals surface area contributed by atoms with E-state index in [1.54, 1.807) is 0 Å². The number of aliphatic carboxylic acids is 1. The van der Waals surface area contributed by atoms with Crippen LogP contribution < -0.4 is 11.1 Å². The minimum absolute atomic E-state index is 0.0606. The third-order valence-corrected chi connectivity index (χ3v) is 4.53. The summed E-state index contributed by atoms with van der Waals surface area (Å²) in [5, 5.41) is 30.1. The van der Waals surface area contributed by atoms with E-state index in [0.29, 0.717) is 25.7 Å². The van der Waals surface area contributed by atoms with Crippen LogP contribution in [0.2, 0.25) is 6.32 Å². The van der Waals surface area contributed by atoms with Crippen molar-refractivity contribution in [1.82, 2.24) is 5.32 Å². The minimum Gasteiger partial charge on any atom is -0.480 e. The molecule has 1 fully saturated rings. The van der Waals surface area contributed by atoms with Crippen LogP contribution in [0.15, 0.2) is 0 Å². The second-order valence-corrected chi connectivity index (χ2v) is 6.30. The van der Waals surface area contributed by atoms with E-state index in [0.717, 1.165) is 12.8 Å². The molecule has 6 N–H and O–H groups in total. The number of nitrogens with one attached hydrogen (secondary N) is 1. The molecule has 126 valence electrons. The first-order valence-corrected chi connectivity index (χ1v) is 7.94. The minimum atomic E-state index is -1.37. The molecule has 3 atom stereocenters. The first-order chi connectivity index (χ1) is 10.3. The highest BCUT2D eigenvalue weighted by Gasteiger charge is 2.46. The molecule has 22 heavy (non-hydrogen) atoms. The third-order valence-electron chi connectivity index (χ3n) is 4.53. The molecule has 0 aliphatic heterocycles. The van der Waals surface area contributed by atoms with Gasteiger partial charge in [0.1, 0.15) is 5.54 Å². The van der Waals surface area contributed by atoms with Crippen molar-refractivity contribution in [3.05, 3.63) is 0 Å². The fourth-order valence-electron chi connectivity index (χ4n) is 3.17. The number of carboxylic acid groups (broad SMARTS) is 1. The summed E-state index contributed by atoms with van der Waals surface area (Å²) in [7, 11) is -1.37. The molecule has 7 nitrogen and oxygen atoms in total. The number of rotatable bonds is 8. The average Bonchev–Trinajstić information content (AvgIpc) is 2.44. The second-order valence-electron chi connectivity index (χ2n) is 6.30. The molecule has 0 saturated heterocycles. The first kappa shape index (κ1) is 18.9. The number of carbonyl (C=O) groups is 2. The van der Waals surface area contributed by atoms with Crippen molar-refractivity contribution in [1.29, 1.82) is 0 Å². The van der Waals surface area contributed by atoms with Gasteiger partial charge in [-0.25, -0.2) is 0 Å². The summed E-state index contributed by atoms with van der Waals surface area (Å²) in [5.41, 5.74) is 4.76. The van der Waals surface area contributed by atoms with Crippen molar-refractivity contribution >= 4 is 19.0 Å². The Labute approximate surface area is 131 Å². The first-order valence-electron chi connectivity index (χ1n) is 7.94. The van der Waals surface area contributed by atoms with Crippen molar-refractivity contribution in [2.45, 2.75) is 57.3 Å². The quantitative estimate of drug-likeness (QED) is 0.399. The fourth-order valence-corrected chi connectivity index (χ4v) is 3.17. The van der Waals surface area contributed by atoms with E-state index in [9.17, 15) is 14.7 Å². The standard InChI is InChI=1S/C14H27BN2O5/c1-2-3-12(18)17-9-11-5-4-10(6-7-15(21)22)8-14(11,16)13(19)20/h10-11,21-22H,2-9,16H2,1H3,(H,17,18)(H,19,20)/t10-,11-,14+/m0/s1. The number of nitrogens with two attached hydrogens (primary N) is 1. The van der Waals surface area contributed by atoms with Crippen molar-refractivity contribution < 1.29 is 24.7 Å². The van der Waals surface area contributed by atoms with Crippen molar-refractivity contribution in [2.24, 2.45) is 17.6 Å². The Kier molecular flexibility index (Phi) is 7.31. The largest absolute Gasteiger partial charge is 0.480 e. The molecule has 1 saturated carbocycles. The molecule has 1 aliphatic carbocycles. The molecule has 8 heteroatoms. The van der Waals surface area contributed by atoms with Crippen LogP contribution in [0.4, 0.5) is 0 Å². The van der Waals surface area contributed by atoms with Crippen LogP contribution in [0.25, 0.3) is 0 Å². The highest BCUT2D eigenvalue weighted by Crippen LogP contribution is 2.38. The summed E-state index contributed by atoms with van der Waals surface area (Å²) in [6, 6.07) is 0. The number of carbonyl (C=O) groups excluding carboxylic acids is 1. The lowest BCUT2D eigenvalue weighted by atomic mass is 9.66. The molecule has 0 spiro atoms. The highest BCUT2D eigenvalue weighted by molar-refractivity contribution is 6.40. The van der Waals surface area contributed by atoms with E-state index in [4.69, 9.17) is 15.8 Å². The van der Waals surface area contributed by atoms with Crippen LogP contribution in [0.1, 0.15) is 45.4 Å². The van der Waals surface area contributed by atoms with E-state index in [-0.39, 0.29) is 30.6 Å². The predicted octanol–water partition coefficient (Wildman–Crippen LogP) is -0.0360. The zero-order valence-electron chi connectivity index (χ0n) is 13.1. The fraction of sp³-hybridized carbons (Fsp3) is 0.857. The Morgan fingerprint density at radius 2 is 2.05 bits per heavy atom. The van der Waals surface area contributed by atoms with Gasteiger partial charge in [-0.05, 0) is 37.9 Å². The molecule has 0 radical (unpaired) electrons. The molecule has 0 aromatic rings. The number of amides is 1. The maximum Gasteiger partial charge on any atom is 0.451 e. The Hall–Kier alpha value is -1.12.